The third kappa shape index (κ3) is 4.12. The average Bonchev–Trinajstić information content (AvgIpc) is 2.69. The molecular formula is C11H16N2O2S. The van der Waals surface area contributed by atoms with E-state index in [0.717, 1.165) is 17.2 Å². The molecular weight excluding hydrogens is 224 g/mol. The maximum atomic E-state index is 11.1. The zero-order chi connectivity index (χ0) is 12.0. The molecule has 0 radical (unpaired) electrons. The van der Waals surface area contributed by atoms with Gasteiger partial charge >= 0.3 is 5.97 Å². The SMILES string of the molecule is COC(=O)C(C)=CCNCc1nc(C)cs1. The van der Waals surface area contributed by atoms with Crippen molar-refractivity contribution < 1.29 is 9.53 Å². The molecule has 1 rings (SSSR count). The Balaban J connectivity index is 2.28. The highest BCUT2D eigenvalue weighted by atomic mass is 32.1. The molecule has 0 aliphatic rings. The van der Waals surface area contributed by atoms with Crippen molar-refractivity contribution in [2.45, 2.75) is 20.4 Å². The first-order chi connectivity index (χ1) is 7.63. The lowest BCUT2D eigenvalue weighted by Crippen LogP contribution is -2.14. The van der Waals surface area contributed by atoms with Gasteiger partial charge in [0.15, 0.2) is 0 Å². The number of nitrogens with zero attached hydrogens (tertiary/aromatic N) is 1. The number of carbonyl (C=O) groups is 1. The molecule has 4 nitrogen and oxygen atoms in total. The molecule has 88 valence electrons. The second-order valence-electron chi connectivity index (χ2n) is 3.39. The zero-order valence-corrected chi connectivity index (χ0v) is 10.6. The summed E-state index contributed by atoms with van der Waals surface area (Å²) in [6.45, 7) is 5.07. The van der Waals surface area contributed by atoms with Gasteiger partial charge in [0, 0.05) is 29.7 Å². The summed E-state index contributed by atoms with van der Waals surface area (Å²) in [6.07, 6.45) is 1.81. The number of esters is 1. The fourth-order valence-corrected chi connectivity index (χ4v) is 1.87. The van der Waals surface area contributed by atoms with Crippen molar-refractivity contribution >= 4 is 17.3 Å². The van der Waals surface area contributed by atoms with Crippen LogP contribution in [0.25, 0.3) is 0 Å². The number of hydrogen-bond donors (Lipinski definition) is 1. The molecule has 16 heavy (non-hydrogen) atoms. The first kappa shape index (κ1) is 12.9. The van der Waals surface area contributed by atoms with Gasteiger partial charge in [0.1, 0.15) is 5.01 Å². The predicted octanol–water partition coefficient (Wildman–Crippen LogP) is 1.66. The normalized spacial score (nSPS) is 11.6. The van der Waals surface area contributed by atoms with E-state index in [9.17, 15) is 4.79 Å². The van der Waals surface area contributed by atoms with E-state index in [0.29, 0.717) is 12.1 Å². The molecule has 1 N–H and O–H groups in total. The van der Waals surface area contributed by atoms with E-state index >= 15 is 0 Å². The summed E-state index contributed by atoms with van der Waals surface area (Å²) in [5, 5.41) is 6.27. The van der Waals surface area contributed by atoms with Crippen molar-refractivity contribution in [2.75, 3.05) is 13.7 Å². The topological polar surface area (TPSA) is 51.2 Å². The van der Waals surface area contributed by atoms with Gasteiger partial charge in [0.05, 0.1) is 7.11 Å². The third-order valence-corrected chi connectivity index (χ3v) is 2.97. The summed E-state index contributed by atoms with van der Waals surface area (Å²) in [4.78, 5) is 15.4. The van der Waals surface area contributed by atoms with Crippen LogP contribution in [0.5, 0.6) is 0 Å². The highest BCUT2D eigenvalue weighted by molar-refractivity contribution is 7.09. The van der Waals surface area contributed by atoms with Crippen molar-refractivity contribution in [3.8, 4) is 0 Å². The highest BCUT2D eigenvalue weighted by Gasteiger charge is 2.01. The molecule has 0 aliphatic carbocycles. The van der Waals surface area contributed by atoms with Crippen molar-refractivity contribution in [2.24, 2.45) is 0 Å². The molecule has 0 aliphatic heterocycles. The van der Waals surface area contributed by atoms with Crippen LogP contribution in [0.2, 0.25) is 0 Å². The van der Waals surface area contributed by atoms with E-state index in [4.69, 9.17) is 0 Å². The molecule has 0 aromatic carbocycles. The van der Waals surface area contributed by atoms with Gasteiger partial charge in [-0.15, -0.1) is 11.3 Å². The molecule has 0 saturated carbocycles. The number of thiazole rings is 1. The molecule has 1 aromatic rings. The van der Waals surface area contributed by atoms with Crippen molar-refractivity contribution in [3.63, 3.8) is 0 Å². The largest absolute Gasteiger partial charge is 0.466 e. The summed E-state index contributed by atoms with van der Waals surface area (Å²) in [6, 6.07) is 0. The van der Waals surface area contributed by atoms with Gasteiger partial charge < -0.3 is 10.1 Å². The number of carbonyl (C=O) groups excluding carboxylic acids is 1. The molecule has 0 atom stereocenters. The Morgan fingerprint density at radius 1 is 1.69 bits per heavy atom. The maximum Gasteiger partial charge on any atom is 0.333 e. The zero-order valence-electron chi connectivity index (χ0n) is 9.74. The molecule has 0 amide bonds. The fourth-order valence-electron chi connectivity index (χ4n) is 1.13. The van der Waals surface area contributed by atoms with E-state index < -0.39 is 0 Å². The van der Waals surface area contributed by atoms with Crippen LogP contribution in [0.4, 0.5) is 0 Å². The number of nitrogens with one attached hydrogen (secondary N) is 1. The molecule has 1 aromatic heterocycles. The molecule has 5 heteroatoms. The summed E-state index contributed by atoms with van der Waals surface area (Å²) < 4.78 is 4.59. The first-order valence-corrected chi connectivity index (χ1v) is 5.88. The molecule has 0 saturated heterocycles. The summed E-state index contributed by atoms with van der Waals surface area (Å²) in [5.74, 6) is -0.285. The van der Waals surface area contributed by atoms with Crippen LogP contribution in [0.3, 0.4) is 0 Å². The summed E-state index contributed by atoms with van der Waals surface area (Å²) in [5.41, 5.74) is 1.66. The van der Waals surface area contributed by atoms with Crippen molar-refractivity contribution in [1.29, 1.82) is 0 Å². The number of hydrogen-bond acceptors (Lipinski definition) is 5. The van der Waals surface area contributed by atoms with E-state index in [2.05, 4.69) is 15.0 Å². The lowest BCUT2D eigenvalue weighted by Gasteiger charge is -2.00. The van der Waals surface area contributed by atoms with E-state index in [1.54, 1.807) is 18.3 Å². The monoisotopic (exact) mass is 240 g/mol. The van der Waals surface area contributed by atoms with Gasteiger partial charge in [0.25, 0.3) is 0 Å². The van der Waals surface area contributed by atoms with Crippen molar-refractivity contribution in [1.82, 2.24) is 10.3 Å². The maximum absolute atomic E-state index is 11.1. The van der Waals surface area contributed by atoms with E-state index in [1.807, 2.05) is 18.4 Å². The Bertz CT molecular complexity index is 385. The van der Waals surface area contributed by atoms with Crippen LogP contribution < -0.4 is 5.32 Å². The number of ether oxygens (including phenoxy) is 1. The first-order valence-electron chi connectivity index (χ1n) is 5.00. The third-order valence-electron chi connectivity index (χ3n) is 2.00. The van der Waals surface area contributed by atoms with Crippen LogP contribution in [-0.2, 0) is 16.1 Å². The summed E-state index contributed by atoms with van der Waals surface area (Å²) >= 11 is 1.63. The molecule has 1 heterocycles. The average molecular weight is 240 g/mol. The second-order valence-corrected chi connectivity index (χ2v) is 4.33. The number of aryl methyl sites for hydroxylation is 1. The van der Waals surface area contributed by atoms with E-state index in [1.165, 1.54) is 7.11 Å². The van der Waals surface area contributed by atoms with Crippen LogP contribution in [-0.4, -0.2) is 24.6 Å². The minimum Gasteiger partial charge on any atom is -0.466 e. The Hall–Kier alpha value is -1.20. The van der Waals surface area contributed by atoms with Gasteiger partial charge in [-0.3, -0.25) is 0 Å². The number of aromatic nitrogens is 1. The lowest BCUT2D eigenvalue weighted by atomic mass is 10.3. The van der Waals surface area contributed by atoms with Gasteiger partial charge in [-0.25, -0.2) is 9.78 Å². The standard InChI is InChI=1S/C11H16N2O2S/c1-8(11(14)15-3)4-5-12-6-10-13-9(2)7-16-10/h4,7,12H,5-6H2,1-3H3. The van der Waals surface area contributed by atoms with Crippen LogP contribution in [0, 0.1) is 6.92 Å². The van der Waals surface area contributed by atoms with Crippen LogP contribution in [0.15, 0.2) is 17.0 Å². The van der Waals surface area contributed by atoms with Gasteiger partial charge in [-0.2, -0.15) is 0 Å². The van der Waals surface area contributed by atoms with E-state index in [-0.39, 0.29) is 5.97 Å². The van der Waals surface area contributed by atoms with Crippen LogP contribution in [0.1, 0.15) is 17.6 Å². The minimum absolute atomic E-state index is 0.285. The highest BCUT2D eigenvalue weighted by Crippen LogP contribution is 2.07. The number of methoxy groups -OCH3 is 1. The van der Waals surface area contributed by atoms with Crippen LogP contribution >= 0.6 is 11.3 Å². The van der Waals surface area contributed by atoms with Gasteiger partial charge in [-0.05, 0) is 13.8 Å². The summed E-state index contributed by atoms with van der Waals surface area (Å²) in [7, 11) is 1.38. The molecule has 0 fully saturated rings. The smallest absolute Gasteiger partial charge is 0.333 e. The van der Waals surface area contributed by atoms with Gasteiger partial charge in [0.2, 0.25) is 0 Å². The molecule has 0 spiro atoms. The Kier molecular flexibility index (Phi) is 5.14. The minimum atomic E-state index is -0.285. The lowest BCUT2D eigenvalue weighted by molar-refractivity contribution is -0.136. The fraction of sp³-hybridized carbons (Fsp3) is 0.455. The quantitative estimate of drug-likeness (QED) is 0.483. The molecule has 0 bridgehead atoms. The van der Waals surface area contributed by atoms with Crippen molar-refractivity contribution in [3.05, 3.63) is 27.7 Å². The number of rotatable bonds is 5. The van der Waals surface area contributed by atoms with Gasteiger partial charge in [-0.1, -0.05) is 6.08 Å². The Labute approximate surface area is 99.3 Å². The molecule has 0 unspecified atom stereocenters. The Morgan fingerprint density at radius 2 is 2.44 bits per heavy atom. The Morgan fingerprint density at radius 3 is 3.00 bits per heavy atom. The predicted molar refractivity (Wildman–Crippen MR) is 64.3 cm³/mol. The second kappa shape index (κ2) is 6.40.